The number of carbonyl (C=O) groups is 1. The zero-order chi connectivity index (χ0) is 15.5. The van der Waals surface area contributed by atoms with Gasteiger partial charge in [-0.15, -0.1) is 0 Å². The molecule has 0 aromatic heterocycles. The van der Waals surface area contributed by atoms with Crippen LogP contribution in [0.2, 0.25) is 0 Å². The molecule has 2 rings (SSSR count). The molecule has 21 heavy (non-hydrogen) atoms. The van der Waals surface area contributed by atoms with E-state index < -0.39 is 15.6 Å². The predicted molar refractivity (Wildman–Crippen MR) is 84.2 cm³/mol. The monoisotopic (exact) mass is 302 g/mol. The molecule has 0 fully saturated rings. The average molecular weight is 302 g/mol. The minimum atomic E-state index is -3.46. The van der Waals surface area contributed by atoms with Crippen molar-refractivity contribution in [2.24, 2.45) is 0 Å². The smallest absolute Gasteiger partial charge is 0.177 e. The van der Waals surface area contributed by atoms with Crippen LogP contribution < -0.4 is 0 Å². The average Bonchev–Trinajstić information content (AvgIpc) is 2.37. The van der Waals surface area contributed by atoms with Gasteiger partial charge in [0.25, 0.3) is 0 Å². The van der Waals surface area contributed by atoms with E-state index in [1.54, 1.807) is 24.3 Å². The van der Waals surface area contributed by atoms with Crippen molar-refractivity contribution in [1.82, 2.24) is 0 Å². The molecule has 3 nitrogen and oxygen atoms in total. The van der Waals surface area contributed by atoms with Crippen LogP contribution in [0.15, 0.2) is 48.5 Å². The SMILES string of the molecule is Cc1cccc(CS(=O)(=O)CC(=O)c2cccc(C)c2)c1. The number of carbonyl (C=O) groups excluding carboxylic acids is 1. The van der Waals surface area contributed by atoms with Gasteiger partial charge in [-0.25, -0.2) is 8.42 Å². The number of rotatable bonds is 5. The van der Waals surface area contributed by atoms with Crippen molar-refractivity contribution >= 4 is 15.6 Å². The first-order valence-corrected chi connectivity index (χ1v) is 8.54. The molecule has 4 heteroatoms. The molecule has 0 aliphatic carbocycles. The van der Waals surface area contributed by atoms with Crippen molar-refractivity contribution in [2.75, 3.05) is 5.75 Å². The maximum Gasteiger partial charge on any atom is 0.177 e. The number of benzene rings is 2. The van der Waals surface area contributed by atoms with Crippen molar-refractivity contribution in [3.63, 3.8) is 0 Å². The first-order valence-electron chi connectivity index (χ1n) is 6.71. The van der Waals surface area contributed by atoms with Crippen LogP contribution in [0.1, 0.15) is 27.0 Å². The van der Waals surface area contributed by atoms with E-state index in [-0.39, 0.29) is 11.5 Å². The highest BCUT2D eigenvalue weighted by molar-refractivity contribution is 7.91. The van der Waals surface area contributed by atoms with E-state index >= 15 is 0 Å². The standard InChI is InChI=1S/C17H18O3S/c1-13-5-3-7-15(9-13)11-21(19,20)12-17(18)16-8-4-6-14(2)10-16/h3-10H,11-12H2,1-2H3. The molecule has 0 bridgehead atoms. The zero-order valence-corrected chi connectivity index (χ0v) is 13.0. The molecule has 2 aromatic rings. The van der Waals surface area contributed by atoms with Gasteiger partial charge in [0.15, 0.2) is 15.6 Å². The quantitative estimate of drug-likeness (QED) is 0.797. The molecular formula is C17H18O3S. The van der Waals surface area contributed by atoms with Gasteiger partial charge in [-0.05, 0) is 25.5 Å². The fraction of sp³-hybridized carbons (Fsp3) is 0.235. The molecule has 0 aliphatic rings. The molecule has 0 saturated carbocycles. The Hall–Kier alpha value is -1.94. The Morgan fingerprint density at radius 2 is 1.57 bits per heavy atom. The molecule has 0 atom stereocenters. The number of ketones is 1. The lowest BCUT2D eigenvalue weighted by Crippen LogP contribution is -2.18. The van der Waals surface area contributed by atoms with Gasteiger partial charge in [0, 0.05) is 5.56 Å². The van der Waals surface area contributed by atoms with E-state index in [4.69, 9.17) is 0 Å². The van der Waals surface area contributed by atoms with E-state index in [0.717, 1.165) is 11.1 Å². The van der Waals surface area contributed by atoms with Crippen LogP contribution in [-0.2, 0) is 15.6 Å². The van der Waals surface area contributed by atoms with Gasteiger partial charge in [0.1, 0.15) is 5.75 Å². The topological polar surface area (TPSA) is 51.2 Å². The van der Waals surface area contributed by atoms with Gasteiger partial charge in [-0.2, -0.15) is 0 Å². The molecule has 0 unspecified atom stereocenters. The molecule has 0 radical (unpaired) electrons. The molecule has 0 heterocycles. The van der Waals surface area contributed by atoms with Crippen LogP contribution in [0.4, 0.5) is 0 Å². The molecule has 0 amide bonds. The Balaban J connectivity index is 2.12. The van der Waals surface area contributed by atoms with E-state index in [9.17, 15) is 13.2 Å². The Morgan fingerprint density at radius 1 is 0.952 bits per heavy atom. The third-order valence-corrected chi connectivity index (χ3v) is 4.64. The molecule has 0 saturated heterocycles. The van der Waals surface area contributed by atoms with Gasteiger partial charge in [-0.1, -0.05) is 53.6 Å². The summed E-state index contributed by atoms with van der Waals surface area (Å²) in [5.74, 6) is -0.914. The zero-order valence-electron chi connectivity index (χ0n) is 12.2. The largest absolute Gasteiger partial charge is 0.293 e. The molecule has 110 valence electrons. The fourth-order valence-corrected chi connectivity index (χ4v) is 3.56. The van der Waals surface area contributed by atoms with Crippen molar-refractivity contribution in [3.05, 3.63) is 70.8 Å². The molecule has 2 aromatic carbocycles. The summed E-state index contributed by atoms with van der Waals surface area (Å²) in [5, 5.41) is 0. The van der Waals surface area contributed by atoms with Crippen molar-refractivity contribution in [1.29, 1.82) is 0 Å². The highest BCUT2D eigenvalue weighted by Gasteiger charge is 2.18. The van der Waals surface area contributed by atoms with Crippen molar-refractivity contribution in [3.8, 4) is 0 Å². The van der Waals surface area contributed by atoms with Crippen molar-refractivity contribution < 1.29 is 13.2 Å². The minimum Gasteiger partial charge on any atom is -0.293 e. The lowest BCUT2D eigenvalue weighted by atomic mass is 10.1. The second kappa shape index (κ2) is 6.22. The highest BCUT2D eigenvalue weighted by atomic mass is 32.2. The summed E-state index contributed by atoms with van der Waals surface area (Å²) >= 11 is 0. The van der Waals surface area contributed by atoms with Crippen LogP contribution in [0.5, 0.6) is 0 Å². The van der Waals surface area contributed by atoms with Gasteiger partial charge in [0.2, 0.25) is 0 Å². The summed E-state index contributed by atoms with van der Waals surface area (Å²) < 4.78 is 24.3. The number of hydrogen-bond acceptors (Lipinski definition) is 3. The summed E-state index contributed by atoms with van der Waals surface area (Å²) in [6, 6.07) is 14.3. The fourth-order valence-electron chi connectivity index (χ4n) is 2.21. The number of aryl methyl sites for hydroxylation is 2. The lowest BCUT2D eigenvalue weighted by Gasteiger charge is -2.06. The van der Waals surface area contributed by atoms with Crippen LogP contribution in [0, 0.1) is 13.8 Å². The number of sulfone groups is 1. The third kappa shape index (κ3) is 4.53. The van der Waals surface area contributed by atoms with Crippen LogP contribution in [0.3, 0.4) is 0 Å². The first kappa shape index (κ1) is 15.4. The second-order valence-corrected chi connectivity index (χ2v) is 7.38. The van der Waals surface area contributed by atoms with E-state index in [2.05, 4.69) is 0 Å². The van der Waals surface area contributed by atoms with E-state index in [0.29, 0.717) is 11.1 Å². The molecule has 0 N–H and O–H groups in total. The minimum absolute atomic E-state index is 0.105. The maximum absolute atomic E-state index is 12.2. The molecule has 0 aliphatic heterocycles. The van der Waals surface area contributed by atoms with Crippen LogP contribution in [-0.4, -0.2) is 20.0 Å². The van der Waals surface area contributed by atoms with Crippen LogP contribution in [0.25, 0.3) is 0 Å². The predicted octanol–water partition coefficient (Wildman–Crippen LogP) is 3.10. The Labute approximate surface area is 125 Å². The summed E-state index contributed by atoms with van der Waals surface area (Å²) in [6.45, 7) is 3.78. The summed E-state index contributed by atoms with van der Waals surface area (Å²) in [5.41, 5.74) is 3.11. The summed E-state index contributed by atoms with van der Waals surface area (Å²) in [4.78, 5) is 12.1. The normalized spacial score (nSPS) is 11.3. The Morgan fingerprint density at radius 3 is 2.19 bits per heavy atom. The summed E-state index contributed by atoms with van der Waals surface area (Å²) in [6.07, 6.45) is 0. The molecule has 0 spiro atoms. The second-order valence-electron chi connectivity index (χ2n) is 5.31. The van der Waals surface area contributed by atoms with E-state index in [1.165, 1.54) is 0 Å². The number of hydrogen-bond donors (Lipinski definition) is 0. The van der Waals surface area contributed by atoms with Gasteiger partial charge in [0.05, 0.1) is 5.75 Å². The Bertz CT molecular complexity index is 761. The van der Waals surface area contributed by atoms with Gasteiger partial charge >= 0.3 is 0 Å². The van der Waals surface area contributed by atoms with E-state index in [1.807, 2.05) is 38.1 Å². The van der Waals surface area contributed by atoms with Gasteiger partial charge in [-0.3, -0.25) is 4.79 Å². The van der Waals surface area contributed by atoms with Gasteiger partial charge < -0.3 is 0 Å². The summed E-state index contributed by atoms with van der Waals surface area (Å²) in [7, 11) is -3.46. The number of Topliss-reactive ketones (excluding diaryl/α,β-unsaturated/α-hetero) is 1. The Kier molecular flexibility index (Phi) is 4.58. The highest BCUT2D eigenvalue weighted by Crippen LogP contribution is 2.12. The third-order valence-electron chi connectivity index (χ3n) is 3.16. The lowest BCUT2D eigenvalue weighted by molar-refractivity contribution is 0.102. The molecular weight excluding hydrogens is 284 g/mol. The van der Waals surface area contributed by atoms with Crippen LogP contribution >= 0.6 is 0 Å². The van der Waals surface area contributed by atoms with Crippen molar-refractivity contribution in [2.45, 2.75) is 19.6 Å². The maximum atomic E-state index is 12.2. The first-order chi connectivity index (χ1) is 9.85.